The lowest BCUT2D eigenvalue weighted by Crippen LogP contribution is -2.41. The van der Waals surface area contributed by atoms with Gasteiger partial charge in [-0.2, -0.15) is 13.2 Å². The number of benzene rings is 1. The van der Waals surface area contributed by atoms with Gasteiger partial charge in [-0.05, 0) is 54.8 Å². The largest absolute Gasteiger partial charge is 0.481 e. The normalized spacial score (nSPS) is 19.6. The molecule has 2 atom stereocenters. The maximum atomic E-state index is 13.2. The van der Waals surface area contributed by atoms with Gasteiger partial charge in [0.25, 0.3) is 0 Å². The van der Waals surface area contributed by atoms with E-state index in [0.717, 1.165) is 12.1 Å². The van der Waals surface area contributed by atoms with Gasteiger partial charge < -0.3 is 5.11 Å². The van der Waals surface area contributed by atoms with Crippen LogP contribution in [0.1, 0.15) is 35.6 Å². The molecule has 2 unspecified atom stereocenters. The summed E-state index contributed by atoms with van der Waals surface area (Å²) in [5, 5.41) is 9.57. The van der Waals surface area contributed by atoms with Crippen molar-refractivity contribution in [2.24, 2.45) is 5.92 Å². The van der Waals surface area contributed by atoms with Gasteiger partial charge in [-0.3, -0.25) is 14.7 Å². The van der Waals surface area contributed by atoms with Crippen LogP contribution in [0.25, 0.3) is 0 Å². The Morgan fingerprint density at radius 3 is 2.74 bits per heavy atom. The van der Waals surface area contributed by atoms with Crippen molar-refractivity contribution in [3.05, 3.63) is 64.4 Å². The molecule has 0 amide bonds. The zero-order chi connectivity index (χ0) is 19.6. The van der Waals surface area contributed by atoms with Crippen LogP contribution in [0.4, 0.5) is 13.2 Å². The van der Waals surface area contributed by atoms with Crippen molar-refractivity contribution >= 4 is 17.6 Å². The zero-order valence-corrected chi connectivity index (χ0v) is 15.0. The number of rotatable bonds is 4. The van der Waals surface area contributed by atoms with Crippen molar-refractivity contribution < 1.29 is 23.1 Å². The number of pyridine rings is 1. The molecule has 1 aliphatic rings. The number of nitrogens with zero attached hydrogens (tertiary/aromatic N) is 2. The van der Waals surface area contributed by atoms with E-state index in [2.05, 4.69) is 4.98 Å². The Kier molecular flexibility index (Phi) is 5.72. The predicted octanol–water partition coefficient (Wildman–Crippen LogP) is 4.64. The fourth-order valence-corrected chi connectivity index (χ4v) is 3.72. The second-order valence-electron chi connectivity index (χ2n) is 6.60. The monoisotopic (exact) mass is 398 g/mol. The summed E-state index contributed by atoms with van der Waals surface area (Å²) in [5.41, 5.74) is 0.179. The molecule has 0 saturated carbocycles. The molecule has 27 heavy (non-hydrogen) atoms. The lowest BCUT2D eigenvalue weighted by Gasteiger charge is -2.38. The minimum absolute atomic E-state index is 0.203. The summed E-state index contributed by atoms with van der Waals surface area (Å²) in [6.07, 6.45) is -0.160. The average Bonchev–Trinajstić information content (AvgIpc) is 2.64. The van der Waals surface area contributed by atoms with Crippen molar-refractivity contribution in [3.63, 3.8) is 0 Å². The summed E-state index contributed by atoms with van der Waals surface area (Å²) in [6, 6.07) is 6.09. The van der Waals surface area contributed by atoms with Crippen LogP contribution in [0.3, 0.4) is 0 Å². The highest BCUT2D eigenvalue weighted by molar-refractivity contribution is 6.31. The molecular formula is C19H18ClF3N2O2. The van der Waals surface area contributed by atoms with Crippen LogP contribution in [-0.4, -0.2) is 34.0 Å². The Balaban J connectivity index is 2.07. The molecule has 0 radical (unpaired) electrons. The first-order valence-electron chi connectivity index (χ1n) is 8.51. The van der Waals surface area contributed by atoms with E-state index in [9.17, 15) is 23.1 Å². The summed E-state index contributed by atoms with van der Waals surface area (Å²) in [6.45, 7) is 0.803. The number of hydrogen-bond acceptors (Lipinski definition) is 3. The Morgan fingerprint density at radius 2 is 2.11 bits per heavy atom. The van der Waals surface area contributed by atoms with E-state index in [1.54, 1.807) is 24.5 Å². The summed E-state index contributed by atoms with van der Waals surface area (Å²) in [5.74, 6) is -1.47. The Hall–Kier alpha value is -2.12. The molecule has 0 aliphatic carbocycles. The summed E-state index contributed by atoms with van der Waals surface area (Å²) in [7, 11) is 0. The highest BCUT2D eigenvalue weighted by Gasteiger charge is 2.35. The molecule has 1 saturated heterocycles. The molecule has 1 fully saturated rings. The Bertz CT molecular complexity index is 814. The van der Waals surface area contributed by atoms with Crippen molar-refractivity contribution in [3.8, 4) is 0 Å². The molecule has 2 aromatic rings. The fourth-order valence-electron chi connectivity index (χ4n) is 3.50. The van der Waals surface area contributed by atoms with Gasteiger partial charge in [-0.15, -0.1) is 0 Å². The van der Waals surface area contributed by atoms with E-state index < -0.39 is 29.7 Å². The van der Waals surface area contributed by atoms with Crippen LogP contribution in [0.2, 0.25) is 5.02 Å². The minimum Gasteiger partial charge on any atom is -0.481 e. The van der Waals surface area contributed by atoms with E-state index in [1.807, 2.05) is 4.90 Å². The third kappa shape index (κ3) is 4.42. The van der Waals surface area contributed by atoms with Gasteiger partial charge in [-0.25, -0.2) is 0 Å². The molecule has 4 nitrogen and oxygen atoms in total. The predicted molar refractivity (Wildman–Crippen MR) is 94.5 cm³/mol. The van der Waals surface area contributed by atoms with E-state index in [-0.39, 0.29) is 11.6 Å². The summed E-state index contributed by atoms with van der Waals surface area (Å²) in [4.78, 5) is 17.4. The van der Waals surface area contributed by atoms with Crippen LogP contribution < -0.4 is 0 Å². The SMILES string of the molecule is O=C(O)C1CCCN(C(c2cccnc2)c2cc(C(F)(F)F)ccc2Cl)C1. The second-order valence-corrected chi connectivity index (χ2v) is 7.00. The van der Waals surface area contributed by atoms with Crippen molar-refractivity contribution in [1.29, 1.82) is 0 Å². The first kappa shape index (κ1) is 19.6. The summed E-state index contributed by atoms with van der Waals surface area (Å²) < 4.78 is 39.7. The molecule has 1 N–H and O–H groups in total. The third-order valence-electron chi connectivity index (χ3n) is 4.79. The highest BCUT2D eigenvalue weighted by atomic mass is 35.5. The van der Waals surface area contributed by atoms with Crippen molar-refractivity contribution in [1.82, 2.24) is 9.88 Å². The first-order valence-corrected chi connectivity index (χ1v) is 8.88. The molecule has 0 spiro atoms. The number of aliphatic carboxylic acids is 1. The average molecular weight is 399 g/mol. The van der Waals surface area contributed by atoms with Gasteiger partial charge >= 0.3 is 12.1 Å². The van der Waals surface area contributed by atoms with Gasteiger partial charge in [0.1, 0.15) is 0 Å². The smallest absolute Gasteiger partial charge is 0.416 e. The zero-order valence-electron chi connectivity index (χ0n) is 14.3. The van der Waals surface area contributed by atoms with E-state index in [4.69, 9.17) is 11.6 Å². The molecule has 1 aliphatic heterocycles. The van der Waals surface area contributed by atoms with Crippen LogP contribution in [0.15, 0.2) is 42.7 Å². The Labute approximate surface area is 159 Å². The molecule has 8 heteroatoms. The van der Waals surface area contributed by atoms with E-state index in [0.29, 0.717) is 30.5 Å². The maximum absolute atomic E-state index is 13.2. The number of hydrogen-bond donors (Lipinski definition) is 1. The summed E-state index contributed by atoms with van der Waals surface area (Å²) >= 11 is 6.28. The molecule has 1 aromatic heterocycles. The topological polar surface area (TPSA) is 53.4 Å². The van der Waals surface area contributed by atoms with Gasteiger partial charge in [-0.1, -0.05) is 17.7 Å². The Morgan fingerprint density at radius 1 is 1.33 bits per heavy atom. The van der Waals surface area contributed by atoms with E-state index >= 15 is 0 Å². The van der Waals surface area contributed by atoms with Crippen LogP contribution >= 0.6 is 11.6 Å². The number of carboxylic acid groups (broad SMARTS) is 1. The molecule has 1 aromatic carbocycles. The van der Waals surface area contributed by atoms with Crippen molar-refractivity contribution in [2.45, 2.75) is 25.1 Å². The van der Waals surface area contributed by atoms with Gasteiger partial charge in [0.05, 0.1) is 17.5 Å². The highest BCUT2D eigenvalue weighted by Crippen LogP contribution is 2.39. The van der Waals surface area contributed by atoms with Gasteiger partial charge in [0.2, 0.25) is 0 Å². The number of alkyl halides is 3. The molecule has 0 bridgehead atoms. The molecule has 2 heterocycles. The molecular weight excluding hydrogens is 381 g/mol. The van der Waals surface area contributed by atoms with Crippen LogP contribution in [0, 0.1) is 5.92 Å². The number of aromatic nitrogens is 1. The molecule has 3 rings (SSSR count). The third-order valence-corrected chi connectivity index (χ3v) is 5.13. The van der Waals surface area contributed by atoms with Gasteiger partial charge in [0, 0.05) is 24.0 Å². The van der Waals surface area contributed by atoms with Crippen molar-refractivity contribution in [2.75, 3.05) is 13.1 Å². The lowest BCUT2D eigenvalue weighted by molar-refractivity contribution is -0.143. The van der Waals surface area contributed by atoms with Crippen LogP contribution in [0.5, 0.6) is 0 Å². The standard InChI is InChI=1S/C19H18ClF3N2O2/c20-16-6-5-14(19(21,22)23)9-15(16)17(12-3-1-7-24-10-12)25-8-2-4-13(11-25)18(26)27/h1,3,5-7,9-10,13,17H,2,4,8,11H2,(H,26,27). The first-order chi connectivity index (χ1) is 12.8. The van der Waals surface area contributed by atoms with E-state index in [1.165, 1.54) is 6.07 Å². The quantitative estimate of drug-likeness (QED) is 0.815. The number of likely N-dealkylation sites (tertiary alicyclic amines) is 1. The molecule has 144 valence electrons. The number of carboxylic acids is 1. The number of carbonyl (C=O) groups is 1. The number of halogens is 4. The second kappa shape index (κ2) is 7.86. The fraction of sp³-hybridized carbons (Fsp3) is 0.368. The number of piperidine rings is 1. The van der Waals surface area contributed by atoms with Gasteiger partial charge in [0.15, 0.2) is 0 Å². The minimum atomic E-state index is -4.50. The van der Waals surface area contributed by atoms with Crippen LogP contribution in [-0.2, 0) is 11.0 Å². The maximum Gasteiger partial charge on any atom is 0.416 e. The lowest BCUT2D eigenvalue weighted by atomic mass is 9.91.